The van der Waals surface area contributed by atoms with Gasteiger partial charge in [0.05, 0.1) is 19.3 Å². The molecule has 0 heterocycles. The molecule has 0 aromatic carbocycles. The van der Waals surface area contributed by atoms with Crippen LogP contribution in [-0.4, -0.2) is 60.5 Å². The first-order valence-corrected chi connectivity index (χ1v) is 23.0. The second kappa shape index (κ2) is 41.8. The fraction of sp³-hybridized carbons (Fsp3) is 0.574. The van der Waals surface area contributed by atoms with Crippen LogP contribution >= 0.6 is 7.82 Å². The highest BCUT2D eigenvalue weighted by Crippen LogP contribution is 2.43. The van der Waals surface area contributed by atoms with Gasteiger partial charge in [-0.2, -0.15) is 0 Å². The molecule has 0 saturated heterocycles. The van der Waals surface area contributed by atoms with Gasteiger partial charge in [0.25, 0.3) is 0 Å². The second-order valence-electron chi connectivity index (χ2n) is 13.7. The van der Waals surface area contributed by atoms with Crippen LogP contribution in [0.1, 0.15) is 136 Å². The normalized spacial score (nSPS) is 14.9. The molecule has 0 rings (SSSR count). The van der Waals surface area contributed by atoms with E-state index >= 15 is 0 Å². The number of phosphoric ester groups is 1. The average Bonchev–Trinajstić information content (AvgIpc) is 3.21. The Bertz CT molecular complexity index is 1330. The molecular weight excluding hydrogens is 753 g/mol. The van der Waals surface area contributed by atoms with Crippen molar-refractivity contribution in [2.24, 2.45) is 5.73 Å². The third-order valence-electron chi connectivity index (χ3n) is 8.23. The van der Waals surface area contributed by atoms with E-state index < -0.39 is 38.6 Å². The zero-order valence-corrected chi connectivity index (χ0v) is 36.5. The average molecular weight is 830 g/mol. The molecule has 11 heteroatoms. The summed E-state index contributed by atoms with van der Waals surface area (Å²) >= 11 is 0. The highest BCUT2D eigenvalue weighted by Gasteiger charge is 2.25. The van der Waals surface area contributed by atoms with Crippen molar-refractivity contribution in [3.05, 3.63) is 109 Å². The number of ether oxygens (including phenoxy) is 2. The highest BCUT2D eigenvalue weighted by molar-refractivity contribution is 7.47. The first-order valence-electron chi connectivity index (χ1n) is 21.5. The van der Waals surface area contributed by atoms with Gasteiger partial charge in [-0.3, -0.25) is 18.6 Å². The number of aliphatic hydroxyl groups is 1. The first-order chi connectivity index (χ1) is 28.2. The van der Waals surface area contributed by atoms with Crippen LogP contribution in [0, 0.1) is 0 Å². The third-order valence-corrected chi connectivity index (χ3v) is 9.21. The fourth-order valence-electron chi connectivity index (χ4n) is 4.98. The summed E-state index contributed by atoms with van der Waals surface area (Å²) in [5.41, 5.74) is 5.33. The molecule has 0 saturated carbocycles. The van der Waals surface area contributed by atoms with Crippen molar-refractivity contribution < 1.29 is 42.7 Å². The Morgan fingerprint density at radius 3 is 1.69 bits per heavy atom. The zero-order valence-electron chi connectivity index (χ0n) is 35.6. The summed E-state index contributed by atoms with van der Waals surface area (Å²) in [5, 5.41) is 10.1. The summed E-state index contributed by atoms with van der Waals surface area (Å²) in [5.74, 6) is -1.04. The van der Waals surface area contributed by atoms with Crippen LogP contribution in [0.2, 0.25) is 0 Å². The number of hydrogen-bond acceptors (Lipinski definition) is 9. The van der Waals surface area contributed by atoms with Crippen LogP contribution in [0.15, 0.2) is 109 Å². The lowest BCUT2D eigenvalue weighted by atomic mass is 10.2. The number of nitrogens with two attached hydrogens (primary N) is 1. The van der Waals surface area contributed by atoms with Crippen LogP contribution in [0.3, 0.4) is 0 Å². The van der Waals surface area contributed by atoms with E-state index in [4.69, 9.17) is 24.3 Å². The largest absolute Gasteiger partial charge is 0.472 e. The molecule has 1 unspecified atom stereocenters. The van der Waals surface area contributed by atoms with Crippen LogP contribution in [0.25, 0.3) is 0 Å². The Morgan fingerprint density at radius 2 is 1.12 bits per heavy atom. The van der Waals surface area contributed by atoms with Gasteiger partial charge in [0, 0.05) is 19.4 Å². The molecule has 0 aliphatic rings. The van der Waals surface area contributed by atoms with Gasteiger partial charge >= 0.3 is 19.8 Å². The van der Waals surface area contributed by atoms with E-state index in [0.29, 0.717) is 32.1 Å². The molecule has 0 fully saturated rings. The molecule has 0 aromatic heterocycles. The molecule has 0 amide bonds. The maximum Gasteiger partial charge on any atom is 0.472 e. The Morgan fingerprint density at radius 1 is 0.603 bits per heavy atom. The number of esters is 2. The molecule has 10 nitrogen and oxygen atoms in total. The van der Waals surface area contributed by atoms with E-state index in [-0.39, 0.29) is 32.6 Å². The van der Waals surface area contributed by atoms with Crippen molar-refractivity contribution in [1.82, 2.24) is 0 Å². The van der Waals surface area contributed by atoms with E-state index in [1.807, 2.05) is 48.6 Å². The van der Waals surface area contributed by atoms with Crippen LogP contribution < -0.4 is 5.73 Å². The Balaban J connectivity index is 4.47. The summed E-state index contributed by atoms with van der Waals surface area (Å²) in [6.45, 7) is 3.40. The lowest BCUT2D eigenvalue weighted by Gasteiger charge is -2.19. The van der Waals surface area contributed by atoms with Gasteiger partial charge in [-0.25, -0.2) is 4.57 Å². The minimum absolute atomic E-state index is 0.0186. The van der Waals surface area contributed by atoms with Crippen molar-refractivity contribution in [3.63, 3.8) is 0 Å². The number of aliphatic hydroxyl groups excluding tert-OH is 1. The van der Waals surface area contributed by atoms with Gasteiger partial charge < -0.3 is 25.2 Å². The second-order valence-corrected chi connectivity index (χ2v) is 15.2. The van der Waals surface area contributed by atoms with E-state index in [0.717, 1.165) is 32.1 Å². The number of rotatable bonds is 38. The molecule has 58 heavy (non-hydrogen) atoms. The quantitative estimate of drug-likeness (QED) is 0.0180. The number of phosphoric acid groups is 1. The summed E-state index contributed by atoms with van der Waals surface area (Å²) in [7, 11) is -4.43. The lowest BCUT2D eigenvalue weighted by molar-refractivity contribution is -0.161. The summed E-state index contributed by atoms with van der Waals surface area (Å²) < 4.78 is 32.6. The first kappa shape index (κ1) is 54.6. The van der Waals surface area contributed by atoms with E-state index in [9.17, 15) is 24.2 Å². The molecule has 4 N–H and O–H groups in total. The fourth-order valence-corrected chi connectivity index (χ4v) is 5.75. The molecular formula is C47H76NO9P. The van der Waals surface area contributed by atoms with Crippen LogP contribution in [0.5, 0.6) is 0 Å². The highest BCUT2D eigenvalue weighted by atomic mass is 31.2. The van der Waals surface area contributed by atoms with E-state index in [1.165, 1.54) is 44.9 Å². The SMILES string of the molecule is CCCCC/C=C\C=C/[C@H](O)C/C=C\C/C=C/CCCC(=O)O[C@H](COC(=O)CC/C=C\C/C=C\C/C=C\C/C=C\C/C=C\CCCCC)COP(=O)(O)OCCN. The number of carbonyl (C=O) groups excluding carboxylic acids is 2. The minimum Gasteiger partial charge on any atom is -0.462 e. The van der Waals surface area contributed by atoms with E-state index in [1.54, 1.807) is 6.08 Å². The predicted octanol–water partition coefficient (Wildman–Crippen LogP) is 11.4. The third kappa shape index (κ3) is 40.8. The minimum atomic E-state index is -4.43. The lowest BCUT2D eigenvalue weighted by Crippen LogP contribution is -2.29. The topological polar surface area (TPSA) is 155 Å². The summed E-state index contributed by atoms with van der Waals surface area (Å²) in [6, 6.07) is 0. The van der Waals surface area contributed by atoms with Crippen molar-refractivity contribution in [1.29, 1.82) is 0 Å². The van der Waals surface area contributed by atoms with Gasteiger partial charge in [0.15, 0.2) is 6.10 Å². The van der Waals surface area contributed by atoms with Gasteiger partial charge in [-0.05, 0) is 83.5 Å². The number of hydrogen-bond donors (Lipinski definition) is 3. The smallest absolute Gasteiger partial charge is 0.462 e. The molecule has 0 spiro atoms. The molecule has 3 atom stereocenters. The molecule has 0 aromatic rings. The zero-order chi connectivity index (χ0) is 42.6. The Labute approximate surface area is 351 Å². The van der Waals surface area contributed by atoms with Crippen molar-refractivity contribution in [2.75, 3.05) is 26.4 Å². The van der Waals surface area contributed by atoms with Crippen molar-refractivity contribution in [2.45, 2.75) is 148 Å². The molecule has 328 valence electrons. The number of allylic oxidation sites excluding steroid dienone is 16. The standard InChI is InChI=1S/C47H76NO9P/c1-3-5-7-9-11-12-13-14-15-16-17-18-19-20-21-22-26-30-34-38-46(50)54-42-45(43-56-58(52,53)55-41-40-48)57-47(51)39-35-31-27-23-25-29-33-37-44(49)36-32-28-24-10-8-6-4-2/h11-12,14-15,17-18,20-21,23-24,26-30,32-33,36,44-45,49H,3-10,13,16,19,22,25,31,34-35,37-43,48H2,1-2H3,(H,52,53)/b12-11-,15-14-,18-17-,21-20-,27-23+,28-24-,30-26-,33-29-,36-32-/t44-,45+/m0/s1. The molecule has 0 aliphatic heterocycles. The molecule has 0 aliphatic carbocycles. The summed E-state index contributed by atoms with van der Waals surface area (Å²) in [6.07, 6.45) is 51.6. The Kier molecular flexibility index (Phi) is 39.4. The maximum absolute atomic E-state index is 12.6. The van der Waals surface area contributed by atoms with Gasteiger partial charge in [0.2, 0.25) is 0 Å². The number of unbranched alkanes of at least 4 members (excludes halogenated alkanes) is 7. The predicted molar refractivity (Wildman–Crippen MR) is 239 cm³/mol. The van der Waals surface area contributed by atoms with Crippen LogP contribution in [-0.2, 0) is 32.7 Å². The van der Waals surface area contributed by atoms with Crippen LogP contribution in [0.4, 0.5) is 0 Å². The van der Waals surface area contributed by atoms with Gasteiger partial charge in [-0.1, -0.05) is 149 Å². The molecule has 0 radical (unpaired) electrons. The Hall–Kier alpha value is -3.37. The maximum atomic E-state index is 12.6. The van der Waals surface area contributed by atoms with Gasteiger partial charge in [-0.15, -0.1) is 0 Å². The molecule has 0 bridgehead atoms. The van der Waals surface area contributed by atoms with E-state index in [2.05, 4.69) is 68.5 Å². The van der Waals surface area contributed by atoms with Crippen molar-refractivity contribution >= 4 is 19.8 Å². The van der Waals surface area contributed by atoms with Crippen molar-refractivity contribution in [3.8, 4) is 0 Å². The number of carbonyl (C=O) groups is 2. The monoisotopic (exact) mass is 830 g/mol. The summed E-state index contributed by atoms with van der Waals surface area (Å²) in [4.78, 5) is 34.8. The van der Waals surface area contributed by atoms with Gasteiger partial charge in [0.1, 0.15) is 6.61 Å².